The van der Waals surface area contributed by atoms with Gasteiger partial charge in [0.15, 0.2) is 0 Å². The van der Waals surface area contributed by atoms with Crippen LogP contribution < -0.4 is 5.32 Å². The lowest BCUT2D eigenvalue weighted by molar-refractivity contribution is 0.250. The molecule has 0 saturated heterocycles. The van der Waals surface area contributed by atoms with Gasteiger partial charge in [0.1, 0.15) is 12.1 Å². The molecule has 0 bridgehead atoms. The highest BCUT2D eigenvalue weighted by Crippen LogP contribution is 2.17. The Labute approximate surface area is 107 Å². The summed E-state index contributed by atoms with van der Waals surface area (Å²) in [6, 6.07) is 6.04. The van der Waals surface area contributed by atoms with Gasteiger partial charge in [0, 0.05) is 19.3 Å². The van der Waals surface area contributed by atoms with E-state index in [4.69, 9.17) is 4.42 Å². The molecule has 2 heterocycles. The smallest absolute Gasteiger partial charge is 0.122 e. The first-order valence-corrected chi connectivity index (χ1v) is 5.93. The van der Waals surface area contributed by atoms with E-state index in [1.165, 1.54) is 0 Å². The minimum atomic E-state index is 0.224. The molecule has 1 unspecified atom stereocenters. The Morgan fingerprint density at radius 3 is 2.89 bits per heavy atom. The normalized spacial score (nSPS) is 12.8. The molecule has 5 nitrogen and oxygen atoms in total. The maximum Gasteiger partial charge on any atom is 0.122 e. The third-order valence-electron chi connectivity index (χ3n) is 2.78. The Morgan fingerprint density at radius 2 is 2.28 bits per heavy atom. The van der Waals surface area contributed by atoms with E-state index in [1.807, 2.05) is 32.3 Å². The zero-order valence-corrected chi connectivity index (χ0v) is 10.7. The SMILES string of the molecule is CN(C)C(CNCc1ccncn1)c1ccco1. The fourth-order valence-corrected chi connectivity index (χ4v) is 1.78. The lowest BCUT2D eigenvalue weighted by Gasteiger charge is -2.22. The number of rotatable bonds is 6. The molecule has 96 valence electrons. The van der Waals surface area contributed by atoms with Gasteiger partial charge in [0.05, 0.1) is 18.0 Å². The summed E-state index contributed by atoms with van der Waals surface area (Å²) in [6.07, 6.45) is 5.02. The molecule has 0 saturated carbocycles. The Morgan fingerprint density at radius 1 is 1.39 bits per heavy atom. The minimum absolute atomic E-state index is 0.224. The number of nitrogens with zero attached hydrogens (tertiary/aromatic N) is 3. The van der Waals surface area contributed by atoms with Crippen LogP contribution in [0.2, 0.25) is 0 Å². The molecule has 2 rings (SSSR count). The summed E-state index contributed by atoms with van der Waals surface area (Å²) in [7, 11) is 4.08. The lowest BCUT2D eigenvalue weighted by Crippen LogP contribution is -2.30. The van der Waals surface area contributed by atoms with E-state index in [9.17, 15) is 0 Å². The Bertz CT molecular complexity index is 441. The van der Waals surface area contributed by atoms with E-state index in [2.05, 4.69) is 20.2 Å². The summed E-state index contributed by atoms with van der Waals surface area (Å²) < 4.78 is 5.45. The minimum Gasteiger partial charge on any atom is -0.468 e. The van der Waals surface area contributed by atoms with Gasteiger partial charge in [-0.1, -0.05) is 0 Å². The number of hydrogen-bond donors (Lipinski definition) is 1. The van der Waals surface area contributed by atoms with Crippen LogP contribution in [0.4, 0.5) is 0 Å². The molecule has 0 amide bonds. The second-order valence-corrected chi connectivity index (χ2v) is 4.33. The summed E-state index contributed by atoms with van der Waals surface area (Å²) >= 11 is 0. The van der Waals surface area contributed by atoms with E-state index >= 15 is 0 Å². The van der Waals surface area contributed by atoms with E-state index in [0.29, 0.717) is 0 Å². The van der Waals surface area contributed by atoms with Gasteiger partial charge in [-0.05, 0) is 32.3 Å². The van der Waals surface area contributed by atoms with E-state index in [0.717, 1.165) is 24.5 Å². The molecule has 0 aliphatic rings. The first kappa shape index (κ1) is 12.7. The molecule has 2 aromatic heterocycles. The molecule has 0 radical (unpaired) electrons. The molecule has 18 heavy (non-hydrogen) atoms. The second-order valence-electron chi connectivity index (χ2n) is 4.33. The lowest BCUT2D eigenvalue weighted by atomic mass is 10.2. The van der Waals surface area contributed by atoms with Crippen LogP contribution in [0.25, 0.3) is 0 Å². The fourth-order valence-electron chi connectivity index (χ4n) is 1.78. The van der Waals surface area contributed by atoms with Gasteiger partial charge in [-0.25, -0.2) is 9.97 Å². The highest BCUT2D eigenvalue weighted by Gasteiger charge is 2.16. The van der Waals surface area contributed by atoms with Gasteiger partial charge in [-0.2, -0.15) is 0 Å². The zero-order chi connectivity index (χ0) is 12.8. The standard InChI is InChI=1S/C13H18N4O/c1-17(2)12(13-4-3-7-18-13)9-15-8-11-5-6-14-10-16-11/h3-7,10,12,15H,8-9H2,1-2H3. The molecule has 0 aromatic carbocycles. The number of likely N-dealkylation sites (N-methyl/N-ethyl adjacent to an activating group) is 1. The van der Waals surface area contributed by atoms with Crippen molar-refractivity contribution in [2.24, 2.45) is 0 Å². The van der Waals surface area contributed by atoms with Crippen LogP contribution in [0, 0.1) is 0 Å². The highest BCUT2D eigenvalue weighted by atomic mass is 16.3. The second kappa shape index (κ2) is 6.28. The Balaban J connectivity index is 1.87. The van der Waals surface area contributed by atoms with Gasteiger partial charge >= 0.3 is 0 Å². The van der Waals surface area contributed by atoms with Crippen LogP contribution in [0.15, 0.2) is 41.4 Å². The first-order valence-electron chi connectivity index (χ1n) is 5.93. The van der Waals surface area contributed by atoms with Crippen LogP contribution in [-0.2, 0) is 6.54 Å². The predicted molar refractivity (Wildman–Crippen MR) is 68.9 cm³/mol. The quantitative estimate of drug-likeness (QED) is 0.836. The summed E-state index contributed by atoms with van der Waals surface area (Å²) in [6.45, 7) is 1.54. The molecule has 2 aromatic rings. The van der Waals surface area contributed by atoms with Gasteiger partial charge in [0.25, 0.3) is 0 Å². The van der Waals surface area contributed by atoms with Crippen molar-refractivity contribution in [3.05, 3.63) is 48.4 Å². The predicted octanol–water partition coefficient (Wildman–Crippen LogP) is 1.46. The Hall–Kier alpha value is -1.72. The summed E-state index contributed by atoms with van der Waals surface area (Å²) in [5.74, 6) is 0.968. The third kappa shape index (κ3) is 3.38. The van der Waals surface area contributed by atoms with Gasteiger partial charge in [-0.3, -0.25) is 4.90 Å². The van der Waals surface area contributed by atoms with Crippen LogP contribution in [0.5, 0.6) is 0 Å². The first-order chi connectivity index (χ1) is 8.77. The number of furan rings is 1. The third-order valence-corrected chi connectivity index (χ3v) is 2.78. The summed E-state index contributed by atoms with van der Waals surface area (Å²) in [5, 5.41) is 3.38. The maximum absolute atomic E-state index is 5.45. The van der Waals surface area contributed by atoms with Crippen molar-refractivity contribution in [3.63, 3.8) is 0 Å². The molecule has 0 fully saturated rings. The van der Waals surface area contributed by atoms with Crippen molar-refractivity contribution in [1.29, 1.82) is 0 Å². The van der Waals surface area contributed by atoms with Gasteiger partial charge in [-0.15, -0.1) is 0 Å². The molecule has 1 atom stereocenters. The van der Waals surface area contributed by atoms with Crippen molar-refractivity contribution >= 4 is 0 Å². The molecule has 1 N–H and O–H groups in total. The van der Waals surface area contributed by atoms with Crippen LogP contribution >= 0.6 is 0 Å². The number of nitrogens with one attached hydrogen (secondary N) is 1. The highest BCUT2D eigenvalue weighted by molar-refractivity contribution is 5.05. The molecular weight excluding hydrogens is 228 g/mol. The number of aromatic nitrogens is 2. The van der Waals surface area contributed by atoms with Crippen molar-refractivity contribution in [2.45, 2.75) is 12.6 Å². The molecule has 0 aliphatic carbocycles. The van der Waals surface area contributed by atoms with Gasteiger partial charge in [0.2, 0.25) is 0 Å². The van der Waals surface area contributed by atoms with E-state index < -0.39 is 0 Å². The monoisotopic (exact) mass is 246 g/mol. The van der Waals surface area contributed by atoms with Crippen molar-refractivity contribution < 1.29 is 4.42 Å². The summed E-state index contributed by atoms with van der Waals surface area (Å²) in [5.41, 5.74) is 0.988. The molecule has 0 spiro atoms. The molecule has 5 heteroatoms. The average molecular weight is 246 g/mol. The Kier molecular flexibility index (Phi) is 4.44. The number of hydrogen-bond acceptors (Lipinski definition) is 5. The zero-order valence-electron chi connectivity index (χ0n) is 10.7. The fraction of sp³-hybridized carbons (Fsp3) is 0.385. The maximum atomic E-state index is 5.45. The van der Waals surface area contributed by atoms with Crippen molar-refractivity contribution in [2.75, 3.05) is 20.6 Å². The molecule has 0 aliphatic heterocycles. The van der Waals surface area contributed by atoms with Crippen molar-refractivity contribution in [3.8, 4) is 0 Å². The van der Waals surface area contributed by atoms with E-state index in [-0.39, 0.29) is 6.04 Å². The van der Waals surface area contributed by atoms with Crippen molar-refractivity contribution in [1.82, 2.24) is 20.2 Å². The topological polar surface area (TPSA) is 54.2 Å². The average Bonchev–Trinajstić information content (AvgIpc) is 2.89. The van der Waals surface area contributed by atoms with Crippen LogP contribution in [0.3, 0.4) is 0 Å². The molecular formula is C13H18N4O. The van der Waals surface area contributed by atoms with Gasteiger partial charge < -0.3 is 9.73 Å². The van der Waals surface area contributed by atoms with E-state index in [1.54, 1.807) is 18.8 Å². The van der Waals surface area contributed by atoms with Crippen LogP contribution in [0.1, 0.15) is 17.5 Å². The summed E-state index contributed by atoms with van der Waals surface area (Å²) in [4.78, 5) is 10.2. The van der Waals surface area contributed by atoms with Crippen LogP contribution in [-0.4, -0.2) is 35.5 Å². The largest absolute Gasteiger partial charge is 0.468 e.